The van der Waals surface area contributed by atoms with Crippen molar-refractivity contribution in [3.8, 4) is 33.4 Å². The van der Waals surface area contributed by atoms with Crippen molar-refractivity contribution in [2.24, 2.45) is 0 Å². The summed E-state index contributed by atoms with van der Waals surface area (Å²) in [7, 11) is 0. The summed E-state index contributed by atoms with van der Waals surface area (Å²) >= 11 is 0. The number of hydrogen-bond acceptors (Lipinski definition) is 0. The first-order valence-corrected chi connectivity index (χ1v) is 9.05. The van der Waals surface area contributed by atoms with E-state index in [9.17, 15) is 0 Å². The van der Waals surface area contributed by atoms with Gasteiger partial charge in [-0.3, -0.25) is 0 Å². The lowest BCUT2D eigenvalue weighted by Gasteiger charge is -2.11. The van der Waals surface area contributed by atoms with Crippen LogP contribution in [-0.4, -0.2) is 0 Å². The molecule has 4 aromatic rings. The second-order valence-electron chi connectivity index (χ2n) is 6.79. The molecule has 0 aliphatic rings. The molecular weight excluding hydrogens is 312 g/mol. The summed E-state index contributed by atoms with van der Waals surface area (Å²) in [5.41, 5.74) is 10.3. The molecule has 0 aliphatic carbocycles. The highest BCUT2D eigenvalue weighted by atomic mass is 14.1. The van der Waals surface area contributed by atoms with Gasteiger partial charge < -0.3 is 0 Å². The molecule has 0 aromatic heterocycles. The Hall–Kier alpha value is -3.12. The van der Waals surface area contributed by atoms with E-state index in [2.05, 4.69) is 111 Å². The number of aryl methyl sites for hydroxylation is 2. The molecule has 0 N–H and O–H groups in total. The highest BCUT2D eigenvalue weighted by Crippen LogP contribution is 2.30. The van der Waals surface area contributed by atoms with Crippen LogP contribution >= 0.6 is 0 Å². The molecule has 0 bridgehead atoms. The minimum Gasteiger partial charge on any atom is -0.0622 e. The number of hydrogen-bond donors (Lipinski definition) is 0. The van der Waals surface area contributed by atoms with Crippen LogP contribution in [0.1, 0.15) is 11.1 Å². The third-order valence-electron chi connectivity index (χ3n) is 4.98. The van der Waals surface area contributed by atoms with E-state index in [1.807, 2.05) is 0 Å². The topological polar surface area (TPSA) is 0 Å². The van der Waals surface area contributed by atoms with Crippen molar-refractivity contribution in [3.05, 3.63) is 108 Å². The average Bonchev–Trinajstić information content (AvgIpc) is 2.69. The van der Waals surface area contributed by atoms with Gasteiger partial charge in [-0.1, -0.05) is 97.1 Å². The van der Waals surface area contributed by atoms with Gasteiger partial charge in [-0.05, 0) is 58.4 Å². The Labute approximate surface area is 155 Å². The van der Waals surface area contributed by atoms with Gasteiger partial charge >= 0.3 is 0 Å². The lowest BCUT2D eigenvalue weighted by molar-refractivity contribution is 1.38. The molecule has 0 spiro atoms. The van der Waals surface area contributed by atoms with Gasteiger partial charge in [0.25, 0.3) is 0 Å². The maximum Gasteiger partial charge on any atom is -0.0125 e. The molecule has 0 heteroatoms. The predicted molar refractivity (Wildman–Crippen MR) is 112 cm³/mol. The maximum atomic E-state index is 2.23. The summed E-state index contributed by atoms with van der Waals surface area (Å²) in [6.45, 7) is 4.36. The lowest BCUT2D eigenvalue weighted by atomic mass is 9.94. The van der Waals surface area contributed by atoms with E-state index in [1.165, 1.54) is 44.5 Å². The normalized spacial score (nSPS) is 10.7. The zero-order chi connectivity index (χ0) is 17.9. The van der Waals surface area contributed by atoms with Crippen LogP contribution in [0, 0.1) is 13.8 Å². The lowest BCUT2D eigenvalue weighted by Crippen LogP contribution is -1.88. The Morgan fingerprint density at radius 3 is 1.19 bits per heavy atom. The summed E-state index contributed by atoms with van der Waals surface area (Å²) in [4.78, 5) is 0. The van der Waals surface area contributed by atoms with Crippen LogP contribution in [0.4, 0.5) is 0 Å². The Morgan fingerprint density at radius 2 is 0.731 bits per heavy atom. The molecule has 126 valence electrons. The zero-order valence-corrected chi connectivity index (χ0v) is 15.2. The molecule has 0 heterocycles. The van der Waals surface area contributed by atoms with E-state index in [-0.39, 0.29) is 0 Å². The van der Waals surface area contributed by atoms with Crippen LogP contribution in [-0.2, 0) is 0 Å². The van der Waals surface area contributed by atoms with Crippen molar-refractivity contribution >= 4 is 0 Å². The first-order chi connectivity index (χ1) is 12.7. The molecule has 0 aliphatic heterocycles. The predicted octanol–water partition coefficient (Wildman–Crippen LogP) is 7.30. The quantitative estimate of drug-likeness (QED) is 0.368. The fourth-order valence-electron chi connectivity index (χ4n) is 3.58. The van der Waals surface area contributed by atoms with Crippen molar-refractivity contribution in [2.75, 3.05) is 0 Å². The fourth-order valence-corrected chi connectivity index (χ4v) is 3.58. The molecule has 4 aromatic carbocycles. The maximum absolute atomic E-state index is 2.23. The molecule has 0 atom stereocenters. The largest absolute Gasteiger partial charge is 0.0622 e. The molecule has 0 nitrogen and oxygen atoms in total. The first-order valence-electron chi connectivity index (χ1n) is 9.05. The monoisotopic (exact) mass is 334 g/mol. The van der Waals surface area contributed by atoms with Gasteiger partial charge in [0, 0.05) is 0 Å². The van der Waals surface area contributed by atoms with Crippen LogP contribution in [0.3, 0.4) is 0 Å². The van der Waals surface area contributed by atoms with Crippen molar-refractivity contribution in [3.63, 3.8) is 0 Å². The molecule has 0 fully saturated rings. The van der Waals surface area contributed by atoms with Crippen LogP contribution in [0.15, 0.2) is 97.1 Å². The summed E-state index contributed by atoms with van der Waals surface area (Å²) in [5.74, 6) is 0. The van der Waals surface area contributed by atoms with Crippen LogP contribution in [0.25, 0.3) is 33.4 Å². The molecule has 4 rings (SSSR count). The minimum absolute atomic E-state index is 1.25. The molecule has 0 saturated heterocycles. The van der Waals surface area contributed by atoms with Crippen LogP contribution in [0.2, 0.25) is 0 Å². The van der Waals surface area contributed by atoms with Crippen molar-refractivity contribution in [1.29, 1.82) is 0 Å². The summed E-state index contributed by atoms with van der Waals surface area (Å²) in [6.07, 6.45) is 0. The molecule has 0 unspecified atom stereocenters. The Bertz CT molecular complexity index is 988. The Balaban J connectivity index is 1.63. The van der Waals surface area contributed by atoms with Crippen molar-refractivity contribution in [2.45, 2.75) is 13.8 Å². The van der Waals surface area contributed by atoms with Gasteiger partial charge in [-0.2, -0.15) is 0 Å². The SMILES string of the molecule is Cc1cccc(C)c1-c1ccc(-c2ccc(-c3ccccc3)cc2)cc1. The molecule has 0 radical (unpaired) electrons. The van der Waals surface area contributed by atoms with E-state index < -0.39 is 0 Å². The first kappa shape index (κ1) is 16.4. The van der Waals surface area contributed by atoms with E-state index in [0.29, 0.717) is 0 Å². The van der Waals surface area contributed by atoms with Gasteiger partial charge in [-0.25, -0.2) is 0 Å². The molecule has 26 heavy (non-hydrogen) atoms. The van der Waals surface area contributed by atoms with E-state index >= 15 is 0 Å². The van der Waals surface area contributed by atoms with Gasteiger partial charge in [-0.15, -0.1) is 0 Å². The molecule has 0 amide bonds. The van der Waals surface area contributed by atoms with E-state index in [4.69, 9.17) is 0 Å². The number of benzene rings is 4. The second-order valence-corrected chi connectivity index (χ2v) is 6.79. The summed E-state index contributed by atoms with van der Waals surface area (Å²) in [5, 5.41) is 0. The average molecular weight is 334 g/mol. The van der Waals surface area contributed by atoms with Crippen LogP contribution in [0.5, 0.6) is 0 Å². The third-order valence-corrected chi connectivity index (χ3v) is 4.98. The minimum atomic E-state index is 1.25. The highest BCUT2D eigenvalue weighted by molar-refractivity contribution is 5.75. The fraction of sp³-hybridized carbons (Fsp3) is 0.0769. The standard InChI is InChI=1S/C26H22/c1-19-7-6-8-20(2)26(19)25-17-15-24(16-18-25)23-13-11-22(12-14-23)21-9-4-3-5-10-21/h3-18H,1-2H3. The molecular formula is C26H22. The summed E-state index contributed by atoms with van der Waals surface area (Å²) in [6, 6.07) is 34.7. The van der Waals surface area contributed by atoms with Gasteiger partial charge in [0.15, 0.2) is 0 Å². The van der Waals surface area contributed by atoms with Crippen molar-refractivity contribution < 1.29 is 0 Å². The van der Waals surface area contributed by atoms with Crippen molar-refractivity contribution in [1.82, 2.24) is 0 Å². The highest BCUT2D eigenvalue weighted by Gasteiger charge is 2.06. The van der Waals surface area contributed by atoms with E-state index in [0.717, 1.165) is 0 Å². The number of rotatable bonds is 3. The smallest absolute Gasteiger partial charge is 0.0125 e. The second kappa shape index (κ2) is 7.01. The van der Waals surface area contributed by atoms with Gasteiger partial charge in [0.2, 0.25) is 0 Å². The third kappa shape index (κ3) is 3.19. The van der Waals surface area contributed by atoms with Crippen LogP contribution < -0.4 is 0 Å². The zero-order valence-electron chi connectivity index (χ0n) is 15.2. The van der Waals surface area contributed by atoms with E-state index in [1.54, 1.807) is 0 Å². The van der Waals surface area contributed by atoms with Gasteiger partial charge in [0.05, 0.1) is 0 Å². The Morgan fingerprint density at radius 1 is 0.346 bits per heavy atom. The molecule has 0 saturated carbocycles. The summed E-state index contributed by atoms with van der Waals surface area (Å²) < 4.78 is 0. The Kier molecular flexibility index (Phi) is 4.41. The van der Waals surface area contributed by atoms with Gasteiger partial charge in [0.1, 0.15) is 0 Å².